The van der Waals surface area contributed by atoms with Crippen molar-refractivity contribution in [1.82, 2.24) is 10.2 Å². The summed E-state index contributed by atoms with van der Waals surface area (Å²) in [6.45, 7) is 1.28. The molecule has 1 spiro atoms. The van der Waals surface area contributed by atoms with Crippen LogP contribution in [0.4, 0.5) is 23.7 Å². The minimum absolute atomic E-state index is 0.0576. The van der Waals surface area contributed by atoms with E-state index in [4.69, 9.17) is 0 Å². The third-order valence-electron chi connectivity index (χ3n) is 7.09. The van der Waals surface area contributed by atoms with Crippen molar-refractivity contribution < 1.29 is 22.8 Å². The second kappa shape index (κ2) is 9.43. The molecule has 0 radical (unpaired) electrons. The number of amides is 3. The maximum Gasteiger partial charge on any atom is 0.416 e. The van der Waals surface area contributed by atoms with Gasteiger partial charge < -0.3 is 10.2 Å². The molecule has 2 saturated heterocycles. The molecule has 0 atom stereocenters. The number of halogens is 3. The molecule has 186 valence electrons. The highest BCUT2D eigenvalue weighted by Crippen LogP contribution is 2.41. The number of rotatable bonds is 5. The summed E-state index contributed by atoms with van der Waals surface area (Å²) < 4.78 is 40.1. The number of alkyl halides is 3. The molecule has 0 saturated carbocycles. The van der Waals surface area contributed by atoms with Gasteiger partial charge in [-0.3, -0.25) is 4.79 Å². The van der Waals surface area contributed by atoms with E-state index in [1.807, 2.05) is 54.6 Å². The standard InChI is InChI=1S/C28H26F3N3O2/c29-28(30,31)23-11-6-12-24(18-23)34-25(35)27(13-15-32-16-14-27)33(26(34)36)19-22-10-5-4-9-21(22)17-20-7-2-1-3-8-20/h1-12,18,32H,13-17,19H2. The molecule has 2 aliphatic rings. The van der Waals surface area contributed by atoms with Crippen LogP contribution in [0.3, 0.4) is 0 Å². The van der Waals surface area contributed by atoms with Crippen molar-refractivity contribution in [3.05, 3.63) is 101 Å². The second-order valence-corrected chi connectivity index (χ2v) is 9.27. The van der Waals surface area contributed by atoms with Gasteiger partial charge >= 0.3 is 12.2 Å². The van der Waals surface area contributed by atoms with Gasteiger partial charge in [-0.2, -0.15) is 13.2 Å². The van der Waals surface area contributed by atoms with E-state index in [-0.39, 0.29) is 12.2 Å². The minimum atomic E-state index is -4.58. The first-order chi connectivity index (χ1) is 17.3. The number of piperidine rings is 1. The van der Waals surface area contributed by atoms with Crippen LogP contribution in [0.25, 0.3) is 0 Å². The van der Waals surface area contributed by atoms with Gasteiger partial charge in [-0.05, 0) is 67.2 Å². The predicted molar refractivity (Wildman–Crippen MR) is 130 cm³/mol. The van der Waals surface area contributed by atoms with Gasteiger partial charge in [0.2, 0.25) is 0 Å². The summed E-state index contributed by atoms with van der Waals surface area (Å²) in [4.78, 5) is 30.0. The van der Waals surface area contributed by atoms with Crippen molar-refractivity contribution in [1.29, 1.82) is 0 Å². The molecule has 8 heteroatoms. The monoisotopic (exact) mass is 493 g/mol. The first kappa shape index (κ1) is 24.1. The first-order valence-corrected chi connectivity index (χ1v) is 11.9. The maximum atomic E-state index is 13.8. The summed E-state index contributed by atoms with van der Waals surface area (Å²) in [6, 6.07) is 21.6. The summed E-state index contributed by atoms with van der Waals surface area (Å²) in [5, 5.41) is 3.23. The molecule has 5 rings (SSSR count). The second-order valence-electron chi connectivity index (χ2n) is 9.27. The van der Waals surface area contributed by atoms with Crippen molar-refractivity contribution in [3.8, 4) is 0 Å². The molecular weight excluding hydrogens is 467 g/mol. The molecule has 0 bridgehead atoms. The van der Waals surface area contributed by atoms with Crippen LogP contribution in [-0.4, -0.2) is 35.5 Å². The Morgan fingerprint density at radius 2 is 1.50 bits per heavy atom. The number of imide groups is 1. The summed E-state index contributed by atoms with van der Waals surface area (Å²) in [6.07, 6.45) is -3.12. The lowest BCUT2D eigenvalue weighted by Gasteiger charge is -2.38. The number of anilines is 1. The highest BCUT2D eigenvalue weighted by Gasteiger charge is 2.57. The lowest BCUT2D eigenvalue weighted by molar-refractivity contribution is -0.137. The number of nitrogens with zero attached hydrogens (tertiary/aromatic N) is 2. The zero-order valence-electron chi connectivity index (χ0n) is 19.6. The van der Waals surface area contributed by atoms with Gasteiger partial charge in [0.1, 0.15) is 5.54 Å². The molecule has 2 aliphatic heterocycles. The van der Waals surface area contributed by atoms with Gasteiger partial charge in [0.15, 0.2) is 0 Å². The average molecular weight is 494 g/mol. The van der Waals surface area contributed by atoms with Crippen LogP contribution in [0.1, 0.15) is 35.1 Å². The highest BCUT2D eigenvalue weighted by molar-refractivity contribution is 6.23. The Hall–Kier alpha value is -3.65. The maximum absolute atomic E-state index is 13.8. The summed E-state index contributed by atoms with van der Waals surface area (Å²) in [5.41, 5.74) is 1.01. The number of benzene rings is 3. The zero-order chi connectivity index (χ0) is 25.3. The van der Waals surface area contributed by atoms with Gasteiger partial charge in [-0.15, -0.1) is 0 Å². The number of carbonyl (C=O) groups excluding carboxylic acids is 2. The first-order valence-electron chi connectivity index (χ1n) is 11.9. The van der Waals surface area contributed by atoms with E-state index in [0.717, 1.165) is 33.7 Å². The molecule has 5 nitrogen and oxygen atoms in total. The van der Waals surface area contributed by atoms with Gasteiger partial charge in [-0.25, -0.2) is 9.69 Å². The Bertz CT molecular complexity index is 1270. The Kier molecular flexibility index (Phi) is 6.30. The van der Waals surface area contributed by atoms with Gasteiger partial charge in [0, 0.05) is 6.54 Å². The molecule has 2 heterocycles. The smallest absolute Gasteiger partial charge is 0.317 e. The molecule has 0 unspecified atom stereocenters. The van der Waals surface area contributed by atoms with Gasteiger partial charge in [0.25, 0.3) is 5.91 Å². The number of urea groups is 1. The fourth-order valence-corrected chi connectivity index (χ4v) is 5.18. The Balaban J connectivity index is 1.52. The van der Waals surface area contributed by atoms with Crippen molar-refractivity contribution in [2.45, 2.75) is 37.5 Å². The van der Waals surface area contributed by atoms with Crippen LogP contribution in [0.5, 0.6) is 0 Å². The van der Waals surface area contributed by atoms with E-state index in [0.29, 0.717) is 32.4 Å². The van der Waals surface area contributed by atoms with E-state index < -0.39 is 29.2 Å². The minimum Gasteiger partial charge on any atom is -0.317 e. The molecular formula is C28H26F3N3O2. The Labute approximate surface area is 207 Å². The molecule has 3 aromatic rings. The lowest BCUT2D eigenvalue weighted by Crippen LogP contribution is -2.55. The number of hydrogen-bond donors (Lipinski definition) is 1. The summed E-state index contributed by atoms with van der Waals surface area (Å²) >= 11 is 0. The lowest BCUT2D eigenvalue weighted by atomic mass is 9.86. The molecule has 36 heavy (non-hydrogen) atoms. The highest BCUT2D eigenvalue weighted by atomic mass is 19.4. The topological polar surface area (TPSA) is 52.7 Å². The van der Waals surface area contributed by atoms with Crippen LogP contribution in [0.15, 0.2) is 78.9 Å². The van der Waals surface area contributed by atoms with Gasteiger partial charge in [-0.1, -0.05) is 60.7 Å². The van der Waals surface area contributed by atoms with Crippen LogP contribution < -0.4 is 10.2 Å². The molecule has 0 aliphatic carbocycles. The SMILES string of the molecule is O=C1N(c2cccc(C(F)(F)F)c2)C(=O)C2(CCNCC2)N1Cc1ccccc1Cc1ccccc1. The van der Waals surface area contributed by atoms with E-state index >= 15 is 0 Å². The molecule has 0 aromatic heterocycles. The number of carbonyl (C=O) groups is 2. The third-order valence-corrected chi connectivity index (χ3v) is 7.09. The predicted octanol–water partition coefficient (Wildman–Crippen LogP) is 5.39. The van der Waals surface area contributed by atoms with Crippen LogP contribution in [-0.2, 0) is 23.9 Å². The van der Waals surface area contributed by atoms with Crippen molar-refractivity contribution in [3.63, 3.8) is 0 Å². The zero-order valence-corrected chi connectivity index (χ0v) is 19.6. The molecule has 2 fully saturated rings. The van der Waals surface area contributed by atoms with E-state index in [9.17, 15) is 22.8 Å². The molecule has 3 amide bonds. The molecule has 3 aromatic carbocycles. The fraction of sp³-hybridized carbons (Fsp3) is 0.286. The Morgan fingerprint density at radius 3 is 2.19 bits per heavy atom. The third kappa shape index (κ3) is 4.37. The van der Waals surface area contributed by atoms with E-state index in [2.05, 4.69) is 5.32 Å². The number of nitrogens with one attached hydrogen (secondary N) is 1. The average Bonchev–Trinajstić information content (AvgIpc) is 3.07. The van der Waals surface area contributed by atoms with Gasteiger partial charge in [0.05, 0.1) is 11.3 Å². The normalized spacial score (nSPS) is 17.8. The van der Waals surface area contributed by atoms with Crippen LogP contribution in [0, 0.1) is 0 Å². The molecule has 1 N–H and O–H groups in total. The van der Waals surface area contributed by atoms with E-state index in [1.54, 1.807) is 4.90 Å². The van der Waals surface area contributed by atoms with Crippen molar-refractivity contribution in [2.75, 3.05) is 18.0 Å². The Morgan fingerprint density at radius 1 is 0.833 bits per heavy atom. The van der Waals surface area contributed by atoms with E-state index in [1.165, 1.54) is 12.1 Å². The summed E-state index contributed by atoms with van der Waals surface area (Å²) in [5.74, 6) is -0.464. The largest absolute Gasteiger partial charge is 0.416 e. The van der Waals surface area contributed by atoms with Crippen molar-refractivity contribution >= 4 is 17.6 Å². The van der Waals surface area contributed by atoms with Crippen LogP contribution >= 0.6 is 0 Å². The van der Waals surface area contributed by atoms with Crippen LogP contribution in [0.2, 0.25) is 0 Å². The quantitative estimate of drug-likeness (QED) is 0.485. The summed E-state index contributed by atoms with van der Waals surface area (Å²) in [7, 11) is 0. The number of hydrogen-bond acceptors (Lipinski definition) is 3. The fourth-order valence-electron chi connectivity index (χ4n) is 5.18. The van der Waals surface area contributed by atoms with Crippen molar-refractivity contribution in [2.24, 2.45) is 0 Å².